The third-order valence-electron chi connectivity index (χ3n) is 20.9. The van der Waals surface area contributed by atoms with E-state index in [1.54, 1.807) is 85.0 Å². The van der Waals surface area contributed by atoms with E-state index in [1.807, 2.05) is 224 Å². The van der Waals surface area contributed by atoms with E-state index in [0.717, 1.165) is 157 Å². The van der Waals surface area contributed by atoms with E-state index in [2.05, 4.69) is 0 Å². The minimum Gasteiger partial charge on any atom is -0.508 e. The van der Waals surface area contributed by atoms with Gasteiger partial charge in [-0.3, -0.25) is 38.4 Å². The summed E-state index contributed by atoms with van der Waals surface area (Å²) in [5.74, 6) is 0.619. The molecule has 4 aromatic heterocycles. The van der Waals surface area contributed by atoms with Gasteiger partial charge in [0.25, 0.3) is 0 Å². The predicted molar refractivity (Wildman–Crippen MR) is 513 cm³/mol. The summed E-state index contributed by atoms with van der Waals surface area (Å²) in [5, 5.41) is 53.1. The van der Waals surface area contributed by atoms with E-state index in [4.69, 9.17) is 0 Å². The predicted octanol–water partition coefficient (Wildman–Crippen LogP) is 26.4. The molecule has 0 aliphatic carbocycles. The van der Waals surface area contributed by atoms with Crippen LogP contribution in [0.3, 0.4) is 0 Å². The Balaban J connectivity index is 0.000000143. The molecule has 0 aliphatic heterocycles. The Labute approximate surface area is 740 Å². The van der Waals surface area contributed by atoms with Gasteiger partial charge in [0.05, 0.1) is 19.5 Å². The van der Waals surface area contributed by atoms with Gasteiger partial charge in [-0.2, -0.15) is 0 Å². The van der Waals surface area contributed by atoms with Gasteiger partial charge in [0.2, 0.25) is 23.1 Å². The zero-order valence-corrected chi connectivity index (χ0v) is 73.8. The van der Waals surface area contributed by atoms with Crippen molar-refractivity contribution in [2.75, 3.05) is 0 Å². The van der Waals surface area contributed by atoms with Crippen molar-refractivity contribution in [3.8, 4) is 73.3 Å². The molecule has 0 radical (unpaired) electrons. The van der Waals surface area contributed by atoms with Gasteiger partial charge in [0, 0.05) is 84.9 Å². The minimum absolute atomic E-state index is 0.00348. The van der Waals surface area contributed by atoms with Crippen molar-refractivity contribution in [3.63, 3.8) is 0 Å². The highest BCUT2D eigenvalue weighted by Crippen LogP contribution is 2.47. The molecule has 0 atom stereocenters. The number of thiophene rings is 4. The van der Waals surface area contributed by atoms with Gasteiger partial charge < -0.3 is 25.5 Å². The molecule has 12 aromatic carbocycles. The molecular weight excluding hydrogens is 1630 g/mol. The number of ketones is 8. The summed E-state index contributed by atoms with van der Waals surface area (Å²) in [7, 11) is 0. The zero-order chi connectivity index (χ0) is 89.2. The fourth-order valence-electron chi connectivity index (χ4n) is 15.2. The van der Waals surface area contributed by atoms with Crippen LogP contribution in [-0.2, 0) is 25.6 Å². The minimum atomic E-state index is -0.135. The molecule has 13 nitrogen and oxygen atoms in total. The van der Waals surface area contributed by atoms with Crippen LogP contribution in [0.5, 0.6) is 28.7 Å². The molecule has 5 N–H and O–H groups in total. The summed E-state index contributed by atoms with van der Waals surface area (Å²) in [6.07, 6.45) is 14.0. The summed E-state index contributed by atoms with van der Waals surface area (Å²) in [5.41, 5.74) is 20.6. The highest BCUT2D eigenvalue weighted by Gasteiger charge is 2.29. The van der Waals surface area contributed by atoms with Crippen molar-refractivity contribution >= 4 is 150 Å². The molecular formula is C108H88O13S4. The topological polar surface area (TPSA) is 238 Å². The highest BCUT2D eigenvalue weighted by molar-refractivity contribution is 7.23. The number of carbonyl (C=O) groups excluding carboxylic acids is 8. The van der Waals surface area contributed by atoms with Crippen LogP contribution in [-0.4, -0.2) is 71.8 Å². The fraction of sp³-hybridized carbons (Fsp3) is 0.111. The van der Waals surface area contributed by atoms with Crippen LogP contribution < -0.4 is 0 Å². The average Bonchev–Trinajstić information content (AvgIpc) is 2.21. The quantitative estimate of drug-likeness (QED) is 0.0333. The lowest BCUT2D eigenvalue weighted by Gasteiger charge is -2.11. The Kier molecular flexibility index (Phi) is 27.6. The Bertz CT molecular complexity index is 6800. The number of allylic oxidation sites excluding steroid dienone is 5. The van der Waals surface area contributed by atoms with Crippen LogP contribution in [0.15, 0.2) is 273 Å². The fourth-order valence-corrected chi connectivity index (χ4v) is 20.1. The molecule has 17 heteroatoms. The molecule has 0 spiro atoms. The molecule has 4 heterocycles. The van der Waals surface area contributed by atoms with E-state index >= 15 is 0 Å². The van der Waals surface area contributed by atoms with Crippen molar-refractivity contribution < 1.29 is 63.9 Å². The lowest BCUT2D eigenvalue weighted by atomic mass is 9.92. The second kappa shape index (κ2) is 38.9. The number of phenolic OH excluding ortho intramolecular Hbond substituents is 5. The number of rotatable bonds is 21. The molecule has 0 aliphatic rings. The Morgan fingerprint density at radius 3 is 0.888 bits per heavy atom. The molecule has 125 heavy (non-hydrogen) atoms. The number of phenols is 5. The maximum Gasteiger partial charge on any atom is 0.204 e. The van der Waals surface area contributed by atoms with Crippen LogP contribution in [0.4, 0.5) is 0 Å². The first kappa shape index (κ1) is 88.6. The summed E-state index contributed by atoms with van der Waals surface area (Å²) < 4.78 is 3.42. The third kappa shape index (κ3) is 20.8. The number of hydrogen-bond donors (Lipinski definition) is 5. The van der Waals surface area contributed by atoms with Crippen LogP contribution in [0.25, 0.3) is 103 Å². The molecule has 622 valence electrons. The number of hydrogen-bond acceptors (Lipinski definition) is 17. The standard InChI is InChI=1S/2C28H24O3S.C26H20O4S.C26H20O3S/c2*1-16-13-17(2)25(18(3)14-16)27(31)28-26(23-12-11-22(30)15-24(23)32-28)21-9-7-20(8-10-21)6-5-19(4)29;1-16(27)3-2-4-17-5-7-18(8-6-17)24-22-14-13-21(29)15-23(22)31-26(24)25(30)19-9-11-20(28)12-10-19;1-16-5-3-4-6-21(16)25(29)26-24(22-14-13-20(28)15-23(22)30-26)19-11-9-18(10-12-19)8-7-17(2)27/h2*5-15,30H,1-4H3;2-3,5-15,28-29H,4H2,1H3;3-15,28H,1-2H3/b2*6-5+;3-2+;8-7+. The second-order valence-corrected chi connectivity index (χ2v) is 35.0. The maximum absolute atomic E-state index is 13.8. The number of carbonyl (C=O) groups is 8. The van der Waals surface area contributed by atoms with Gasteiger partial charge in [-0.1, -0.05) is 181 Å². The van der Waals surface area contributed by atoms with Gasteiger partial charge in [-0.15, -0.1) is 45.3 Å². The monoisotopic (exact) mass is 1720 g/mol. The third-order valence-corrected chi connectivity index (χ3v) is 25.5. The molecule has 16 rings (SSSR count). The largest absolute Gasteiger partial charge is 0.508 e. The molecule has 0 unspecified atom stereocenters. The Hall–Kier alpha value is -14.2. The number of aromatic hydroxyl groups is 5. The number of fused-ring (bicyclic) bond motifs is 4. The molecule has 0 saturated heterocycles. The lowest BCUT2D eigenvalue weighted by Crippen LogP contribution is -2.06. The Morgan fingerprint density at radius 2 is 0.576 bits per heavy atom. The normalized spacial score (nSPS) is 11.3. The van der Waals surface area contributed by atoms with E-state index in [-0.39, 0.29) is 75.0 Å². The van der Waals surface area contributed by atoms with Gasteiger partial charge in [0.1, 0.15) is 28.7 Å². The summed E-state index contributed by atoms with van der Waals surface area (Å²) >= 11 is 5.55. The van der Waals surface area contributed by atoms with Gasteiger partial charge >= 0.3 is 0 Å². The van der Waals surface area contributed by atoms with Crippen molar-refractivity contribution in [3.05, 3.63) is 376 Å². The van der Waals surface area contributed by atoms with Crippen LogP contribution in [0, 0.1) is 48.5 Å². The van der Waals surface area contributed by atoms with Crippen LogP contribution in [0.1, 0.15) is 150 Å². The molecule has 0 saturated carbocycles. The first-order valence-electron chi connectivity index (χ1n) is 40.2. The molecule has 0 bridgehead atoms. The average molecular weight is 1720 g/mol. The zero-order valence-electron chi connectivity index (χ0n) is 70.6. The summed E-state index contributed by atoms with van der Waals surface area (Å²) in [6, 6.07) is 74.0. The highest BCUT2D eigenvalue weighted by atomic mass is 32.1. The van der Waals surface area contributed by atoms with Gasteiger partial charge in [-0.05, 0) is 276 Å². The van der Waals surface area contributed by atoms with E-state index in [0.29, 0.717) is 37.1 Å². The first-order valence-corrected chi connectivity index (χ1v) is 43.5. The van der Waals surface area contributed by atoms with Gasteiger partial charge in [-0.25, -0.2) is 0 Å². The van der Waals surface area contributed by atoms with Crippen molar-refractivity contribution in [2.24, 2.45) is 0 Å². The lowest BCUT2D eigenvalue weighted by molar-refractivity contribution is -0.113. The van der Waals surface area contributed by atoms with Crippen LogP contribution >= 0.6 is 45.3 Å². The second-order valence-electron chi connectivity index (χ2n) is 30.8. The molecule has 0 fully saturated rings. The van der Waals surface area contributed by atoms with Crippen molar-refractivity contribution in [1.29, 1.82) is 0 Å². The van der Waals surface area contributed by atoms with E-state index in [9.17, 15) is 63.9 Å². The smallest absolute Gasteiger partial charge is 0.204 e. The molecule has 16 aromatic rings. The van der Waals surface area contributed by atoms with E-state index < -0.39 is 0 Å². The number of benzene rings is 12. The molecule has 0 amide bonds. The summed E-state index contributed by atoms with van der Waals surface area (Å²) in [6.45, 7) is 20.0. The van der Waals surface area contributed by atoms with Crippen LogP contribution in [0.2, 0.25) is 0 Å². The van der Waals surface area contributed by atoms with Crippen molar-refractivity contribution in [2.45, 2.75) is 82.6 Å². The Morgan fingerprint density at radius 1 is 0.288 bits per heavy atom. The van der Waals surface area contributed by atoms with E-state index in [1.165, 1.54) is 103 Å². The van der Waals surface area contributed by atoms with Gasteiger partial charge in [0.15, 0.2) is 23.1 Å². The first-order chi connectivity index (χ1) is 59.8. The number of aryl methyl sites for hydroxylation is 7. The SMILES string of the molecule is CC(=O)/C=C/Cc1ccc(-c2c(C(=O)c3ccc(O)cc3)sc3cc(O)ccc23)cc1.CC(=O)/C=C/c1ccc(-c2c(C(=O)c3c(C)cc(C)cc3C)sc3cc(O)ccc23)cc1.CC(=O)/C=C/c1ccc(-c2c(C(=O)c3c(C)cc(C)cc3C)sc3cc(O)ccc23)cc1.CC(=O)/C=C/c1ccc(-c2c(C(=O)c3ccccc3C)sc3cc(O)ccc23)cc1. The maximum atomic E-state index is 13.8. The summed E-state index contributed by atoms with van der Waals surface area (Å²) in [4.78, 5) is 102. The van der Waals surface area contributed by atoms with Crippen molar-refractivity contribution in [1.82, 2.24) is 0 Å².